The van der Waals surface area contributed by atoms with Crippen molar-refractivity contribution in [2.45, 2.75) is 23.8 Å². The third-order valence-electron chi connectivity index (χ3n) is 3.23. The van der Waals surface area contributed by atoms with Crippen LogP contribution >= 0.6 is 34.8 Å². The van der Waals surface area contributed by atoms with E-state index in [9.17, 15) is 19.2 Å². The van der Waals surface area contributed by atoms with E-state index in [1.54, 1.807) is 0 Å². The van der Waals surface area contributed by atoms with Gasteiger partial charge >= 0.3 is 24.0 Å². The number of methoxy groups -OCH3 is 2. The minimum Gasteiger partial charge on any atom is -0.465 e. The summed E-state index contributed by atoms with van der Waals surface area (Å²) in [6.45, 7) is 2.93. The van der Waals surface area contributed by atoms with E-state index in [0.717, 1.165) is 14.2 Å². The van der Waals surface area contributed by atoms with E-state index < -0.39 is 50.9 Å². The second kappa shape index (κ2) is 10.5. The van der Waals surface area contributed by atoms with Gasteiger partial charge in [0.05, 0.1) is 27.4 Å². The number of hydrogen-bond acceptors (Lipinski definition) is 9. The molecule has 0 saturated heterocycles. The van der Waals surface area contributed by atoms with Crippen LogP contribution in [0.15, 0.2) is 0 Å². The molecule has 1 atom stereocenters. The summed E-state index contributed by atoms with van der Waals surface area (Å²) >= 11 is 17.8. The number of aromatic nitrogens is 2. The molecule has 1 rings (SSSR count). The van der Waals surface area contributed by atoms with Gasteiger partial charge in [-0.25, -0.2) is 23.9 Å². The molecular weight excluding hydrogens is 457 g/mol. The molecule has 1 aromatic rings. The number of halogens is 3. The molecule has 14 heteroatoms. The molecular formula is C15H18Cl3N3O8. The molecule has 0 saturated carbocycles. The first-order valence-electron chi connectivity index (χ1n) is 7.99. The van der Waals surface area contributed by atoms with E-state index in [0.29, 0.717) is 4.68 Å². The molecule has 162 valence electrons. The van der Waals surface area contributed by atoms with Gasteiger partial charge in [-0.3, -0.25) is 5.32 Å². The summed E-state index contributed by atoms with van der Waals surface area (Å²) in [5.41, 5.74) is -1.82. The molecule has 1 N–H and O–H groups in total. The van der Waals surface area contributed by atoms with Crippen LogP contribution in [0.2, 0.25) is 0 Å². The maximum absolute atomic E-state index is 12.6. The lowest BCUT2D eigenvalue weighted by atomic mass is 10.1. The average Bonchev–Trinajstić information content (AvgIpc) is 3.04. The summed E-state index contributed by atoms with van der Waals surface area (Å²) in [7, 11) is 2.04. The Morgan fingerprint density at radius 1 is 1.00 bits per heavy atom. The number of ether oxygens (including phenoxy) is 4. The zero-order valence-corrected chi connectivity index (χ0v) is 18.1. The highest BCUT2D eigenvalue weighted by atomic mass is 35.6. The Morgan fingerprint density at radius 3 is 2.00 bits per heavy atom. The minimum atomic E-state index is -2.30. The number of nitrogens with one attached hydrogen (secondary N) is 1. The van der Waals surface area contributed by atoms with Crippen LogP contribution in [-0.2, 0) is 18.9 Å². The van der Waals surface area contributed by atoms with Crippen LogP contribution in [0.4, 0.5) is 4.79 Å². The zero-order chi connectivity index (χ0) is 22.4. The Bertz CT molecular complexity index is 791. The molecule has 0 aromatic carbocycles. The van der Waals surface area contributed by atoms with Crippen molar-refractivity contribution < 1.29 is 38.1 Å². The number of hydrogen-bond donors (Lipinski definition) is 1. The van der Waals surface area contributed by atoms with Gasteiger partial charge in [0.1, 0.15) is 5.56 Å². The quantitative estimate of drug-likeness (QED) is 0.358. The molecule has 1 aromatic heterocycles. The molecule has 0 aliphatic rings. The van der Waals surface area contributed by atoms with Crippen molar-refractivity contribution in [3.05, 3.63) is 17.0 Å². The third kappa shape index (κ3) is 5.87. The SMILES string of the molecule is CCOC(=O)N[C@H](n1nc(C(=O)OC)c(C(=O)OC)c1C(=O)OCC)C(Cl)(Cl)Cl. The number of rotatable bonds is 7. The molecule has 29 heavy (non-hydrogen) atoms. The molecule has 0 bridgehead atoms. The first-order valence-corrected chi connectivity index (χ1v) is 9.12. The largest absolute Gasteiger partial charge is 0.465 e. The van der Waals surface area contributed by atoms with E-state index in [4.69, 9.17) is 44.3 Å². The molecule has 0 fully saturated rings. The summed E-state index contributed by atoms with van der Waals surface area (Å²) < 4.78 is 17.2. The van der Waals surface area contributed by atoms with Gasteiger partial charge in [-0.2, -0.15) is 5.10 Å². The number of alkyl carbamates (subject to hydrolysis) is 1. The summed E-state index contributed by atoms with van der Waals surface area (Å²) in [6.07, 6.45) is -2.71. The number of nitrogens with zero attached hydrogens (tertiary/aromatic N) is 2. The van der Waals surface area contributed by atoms with Gasteiger partial charge in [0.2, 0.25) is 3.79 Å². The van der Waals surface area contributed by atoms with Gasteiger partial charge in [-0.05, 0) is 13.8 Å². The number of alkyl halides is 3. The van der Waals surface area contributed by atoms with Gasteiger partial charge in [0.25, 0.3) is 0 Å². The molecule has 1 amide bonds. The van der Waals surface area contributed by atoms with Crippen LogP contribution in [0.3, 0.4) is 0 Å². The van der Waals surface area contributed by atoms with Crippen molar-refractivity contribution in [3.63, 3.8) is 0 Å². The van der Waals surface area contributed by atoms with E-state index >= 15 is 0 Å². The van der Waals surface area contributed by atoms with Gasteiger partial charge in [-0.1, -0.05) is 34.8 Å². The standard InChI is InChI=1S/C15H18Cl3N3O8/c1-5-28-12(24)9-7(10(22)26-3)8(11(23)27-4)20-21(9)13(15(16,17)18)19-14(25)29-6-2/h13H,5-6H2,1-4H3,(H,19,25)/t13-/m1/s1. The Kier molecular flexibility index (Phi) is 8.99. The first-order chi connectivity index (χ1) is 13.5. The van der Waals surface area contributed by atoms with Gasteiger partial charge < -0.3 is 18.9 Å². The fourth-order valence-corrected chi connectivity index (χ4v) is 2.56. The van der Waals surface area contributed by atoms with Crippen LogP contribution in [0.1, 0.15) is 51.3 Å². The predicted molar refractivity (Wildman–Crippen MR) is 100 cm³/mol. The monoisotopic (exact) mass is 473 g/mol. The highest BCUT2D eigenvalue weighted by Crippen LogP contribution is 2.38. The maximum atomic E-state index is 12.6. The highest BCUT2D eigenvalue weighted by molar-refractivity contribution is 6.67. The first kappa shape index (κ1) is 24.8. The number of carbonyl (C=O) groups excluding carboxylic acids is 4. The lowest BCUT2D eigenvalue weighted by Crippen LogP contribution is -2.42. The van der Waals surface area contributed by atoms with Crippen molar-refractivity contribution in [1.29, 1.82) is 0 Å². The Balaban J connectivity index is 3.81. The van der Waals surface area contributed by atoms with Crippen molar-refractivity contribution in [2.75, 3.05) is 27.4 Å². The lowest BCUT2D eigenvalue weighted by Gasteiger charge is -2.26. The third-order valence-corrected chi connectivity index (χ3v) is 3.85. The Hall–Kier alpha value is -2.24. The van der Waals surface area contributed by atoms with Gasteiger partial charge in [0.15, 0.2) is 17.6 Å². The van der Waals surface area contributed by atoms with E-state index in [1.165, 1.54) is 13.8 Å². The minimum absolute atomic E-state index is 0.0108. The molecule has 0 spiro atoms. The second-order valence-electron chi connectivity index (χ2n) is 5.03. The Morgan fingerprint density at radius 2 is 1.55 bits per heavy atom. The lowest BCUT2D eigenvalue weighted by molar-refractivity contribution is 0.0485. The second-order valence-corrected chi connectivity index (χ2v) is 7.40. The van der Waals surface area contributed by atoms with Gasteiger partial charge in [0, 0.05) is 0 Å². The predicted octanol–water partition coefficient (Wildman–Crippen LogP) is 2.25. The number of carbonyl (C=O) groups is 4. The van der Waals surface area contributed by atoms with Crippen molar-refractivity contribution >= 4 is 58.8 Å². The van der Waals surface area contributed by atoms with Crippen LogP contribution in [-0.4, -0.2) is 65.0 Å². The van der Waals surface area contributed by atoms with Crippen molar-refractivity contribution in [2.24, 2.45) is 0 Å². The Labute approximate surface area is 180 Å². The number of amides is 1. The summed E-state index contributed by atoms with van der Waals surface area (Å²) in [5.74, 6) is -3.30. The smallest absolute Gasteiger partial charge is 0.408 e. The molecule has 0 radical (unpaired) electrons. The van der Waals surface area contributed by atoms with Crippen molar-refractivity contribution in [3.8, 4) is 0 Å². The molecule has 0 aliphatic carbocycles. The van der Waals surface area contributed by atoms with E-state index in [1.807, 2.05) is 0 Å². The van der Waals surface area contributed by atoms with Gasteiger partial charge in [-0.15, -0.1) is 0 Å². The van der Waals surface area contributed by atoms with Crippen LogP contribution in [0.25, 0.3) is 0 Å². The molecule has 0 unspecified atom stereocenters. The molecule has 0 aliphatic heterocycles. The van der Waals surface area contributed by atoms with Crippen LogP contribution < -0.4 is 5.32 Å². The number of esters is 3. The zero-order valence-electron chi connectivity index (χ0n) is 15.8. The molecule has 1 heterocycles. The van der Waals surface area contributed by atoms with E-state index in [2.05, 4.69) is 19.9 Å². The van der Waals surface area contributed by atoms with Crippen LogP contribution in [0.5, 0.6) is 0 Å². The fraction of sp³-hybridized carbons (Fsp3) is 0.533. The summed E-state index contributed by atoms with van der Waals surface area (Å²) in [6, 6.07) is 0. The molecule has 11 nitrogen and oxygen atoms in total. The fourth-order valence-electron chi connectivity index (χ4n) is 2.12. The summed E-state index contributed by atoms with van der Waals surface area (Å²) in [4.78, 5) is 48.9. The maximum Gasteiger partial charge on any atom is 0.408 e. The normalized spacial score (nSPS) is 12.0. The van der Waals surface area contributed by atoms with Crippen LogP contribution in [0, 0.1) is 0 Å². The van der Waals surface area contributed by atoms with E-state index in [-0.39, 0.29) is 13.2 Å². The topological polar surface area (TPSA) is 135 Å². The summed E-state index contributed by atoms with van der Waals surface area (Å²) in [5, 5.41) is 6.05. The average molecular weight is 475 g/mol. The highest BCUT2D eigenvalue weighted by Gasteiger charge is 2.43. The van der Waals surface area contributed by atoms with Crippen molar-refractivity contribution in [1.82, 2.24) is 15.1 Å².